The van der Waals surface area contributed by atoms with Crippen LogP contribution in [-0.2, 0) is 0 Å². The van der Waals surface area contributed by atoms with Crippen molar-refractivity contribution < 1.29 is 4.79 Å². The summed E-state index contributed by atoms with van der Waals surface area (Å²) in [6.45, 7) is 5.49. The lowest BCUT2D eigenvalue weighted by atomic mass is 10.1. The molecule has 2 nitrogen and oxygen atoms in total. The second-order valence-corrected chi connectivity index (χ2v) is 3.32. The molecule has 1 aromatic carbocycles. The third-order valence-corrected chi connectivity index (χ3v) is 2.29. The fraction of sp³-hybridized carbons (Fsp3) is 0.0833. The van der Waals surface area contributed by atoms with Crippen molar-refractivity contribution in [1.29, 1.82) is 0 Å². The molecule has 2 rings (SSSR count). The Labute approximate surface area is 82.3 Å². The molecule has 0 aliphatic carbocycles. The quantitative estimate of drug-likeness (QED) is 0.566. The van der Waals surface area contributed by atoms with Crippen molar-refractivity contribution in [3.63, 3.8) is 0 Å². The van der Waals surface area contributed by atoms with Crippen LogP contribution in [0.4, 0.5) is 0 Å². The molecule has 1 aromatic heterocycles. The maximum absolute atomic E-state index is 11.5. The van der Waals surface area contributed by atoms with Gasteiger partial charge in [-0.3, -0.25) is 4.79 Å². The fourth-order valence-corrected chi connectivity index (χ4v) is 1.55. The number of rotatable bonds is 2. The van der Waals surface area contributed by atoms with E-state index in [4.69, 9.17) is 0 Å². The largest absolute Gasteiger partial charge is 0.360 e. The molecule has 0 saturated heterocycles. The van der Waals surface area contributed by atoms with Gasteiger partial charge in [-0.15, -0.1) is 0 Å². The van der Waals surface area contributed by atoms with E-state index in [-0.39, 0.29) is 5.78 Å². The molecule has 0 aliphatic heterocycles. The Balaban J connectivity index is 2.72. The Hall–Kier alpha value is -1.83. The minimum Gasteiger partial charge on any atom is -0.360 e. The van der Waals surface area contributed by atoms with Crippen LogP contribution in [-0.4, -0.2) is 10.8 Å². The van der Waals surface area contributed by atoms with Gasteiger partial charge in [0.05, 0.1) is 0 Å². The number of carbonyl (C=O) groups is 1. The monoisotopic (exact) mass is 185 g/mol. The third kappa shape index (κ3) is 1.25. The van der Waals surface area contributed by atoms with Gasteiger partial charge < -0.3 is 4.98 Å². The van der Waals surface area contributed by atoms with Gasteiger partial charge in [-0.1, -0.05) is 18.2 Å². The van der Waals surface area contributed by atoms with E-state index in [1.807, 2.05) is 25.1 Å². The number of allylic oxidation sites excluding steroid dienone is 1. The molecule has 2 heteroatoms. The van der Waals surface area contributed by atoms with Gasteiger partial charge in [0.25, 0.3) is 0 Å². The summed E-state index contributed by atoms with van der Waals surface area (Å²) in [5.74, 6) is -0.0400. The van der Waals surface area contributed by atoms with E-state index in [1.165, 1.54) is 6.08 Å². The van der Waals surface area contributed by atoms with Crippen molar-refractivity contribution in [2.24, 2.45) is 0 Å². The lowest BCUT2D eigenvalue weighted by Crippen LogP contribution is -1.90. The Kier molecular flexibility index (Phi) is 1.97. The van der Waals surface area contributed by atoms with E-state index < -0.39 is 0 Å². The van der Waals surface area contributed by atoms with Crippen LogP contribution in [0.5, 0.6) is 0 Å². The molecule has 0 aliphatic rings. The number of benzene rings is 1. The molecule has 1 heterocycles. The fourth-order valence-electron chi connectivity index (χ4n) is 1.55. The van der Waals surface area contributed by atoms with Gasteiger partial charge in [-0.05, 0) is 25.1 Å². The summed E-state index contributed by atoms with van der Waals surface area (Å²) in [4.78, 5) is 14.5. The molecule has 0 bridgehead atoms. The number of hydrogen-bond donors (Lipinski definition) is 1. The van der Waals surface area contributed by atoms with Crippen molar-refractivity contribution in [2.45, 2.75) is 6.92 Å². The predicted octanol–water partition coefficient (Wildman–Crippen LogP) is 2.85. The first-order valence-electron chi connectivity index (χ1n) is 4.47. The standard InChI is InChI=1S/C12H11NO/c1-3-12(14)10-7-13-11-5-4-8(2)6-9(10)11/h3-7,13H,1H2,2H3. The molecule has 0 fully saturated rings. The van der Waals surface area contributed by atoms with Gasteiger partial charge in [-0.2, -0.15) is 0 Å². The van der Waals surface area contributed by atoms with Crippen molar-refractivity contribution in [1.82, 2.24) is 4.98 Å². The summed E-state index contributed by atoms with van der Waals surface area (Å²) < 4.78 is 0. The van der Waals surface area contributed by atoms with Crippen LogP contribution in [0.15, 0.2) is 37.1 Å². The second kappa shape index (κ2) is 3.14. The molecule has 1 N–H and O–H groups in total. The van der Waals surface area contributed by atoms with Gasteiger partial charge in [-0.25, -0.2) is 0 Å². The van der Waals surface area contributed by atoms with Crippen LogP contribution < -0.4 is 0 Å². The highest BCUT2D eigenvalue weighted by atomic mass is 16.1. The zero-order chi connectivity index (χ0) is 10.1. The van der Waals surface area contributed by atoms with Crippen LogP contribution in [0, 0.1) is 6.92 Å². The minimum atomic E-state index is -0.0400. The van der Waals surface area contributed by atoms with Crippen molar-refractivity contribution in [2.75, 3.05) is 0 Å². The van der Waals surface area contributed by atoms with E-state index in [1.54, 1.807) is 6.20 Å². The molecule has 2 aromatic rings. The predicted molar refractivity (Wildman–Crippen MR) is 57.6 cm³/mol. The number of aryl methyl sites for hydroxylation is 1. The first-order chi connectivity index (χ1) is 6.72. The number of fused-ring (bicyclic) bond motifs is 1. The Morgan fingerprint density at radius 2 is 2.29 bits per heavy atom. The first kappa shape index (κ1) is 8.75. The molecule has 0 unspecified atom stereocenters. The van der Waals surface area contributed by atoms with E-state index in [9.17, 15) is 4.79 Å². The summed E-state index contributed by atoms with van der Waals surface area (Å²) in [5.41, 5.74) is 2.83. The van der Waals surface area contributed by atoms with Crippen molar-refractivity contribution >= 4 is 16.7 Å². The summed E-state index contributed by atoms with van der Waals surface area (Å²) in [7, 11) is 0. The van der Waals surface area contributed by atoms with E-state index in [2.05, 4.69) is 11.6 Å². The van der Waals surface area contributed by atoms with E-state index in [0.717, 1.165) is 16.5 Å². The minimum absolute atomic E-state index is 0.0400. The van der Waals surface area contributed by atoms with Crippen LogP contribution in [0.1, 0.15) is 15.9 Å². The molecular weight excluding hydrogens is 174 g/mol. The third-order valence-electron chi connectivity index (χ3n) is 2.29. The average Bonchev–Trinajstić information content (AvgIpc) is 2.59. The number of aromatic nitrogens is 1. The molecular formula is C12H11NO. The SMILES string of the molecule is C=CC(=O)c1c[nH]c2ccc(C)cc12. The summed E-state index contributed by atoms with van der Waals surface area (Å²) in [6, 6.07) is 5.99. The molecule has 0 spiro atoms. The lowest BCUT2D eigenvalue weighted by molar-refractivity contribution is 0.104. The molecule has 14 heavy (non-hydrogen) atoms. The molecule has 0 saturated carbocycles. The number of ketones is 1. The summed E-state index contributed by atoms with van der Waals surface area (Å²) in [5, 5.41) is 0.968. The zero-order valence-corrected chi connectivity index (χ0v) is 8.00. The van der Waals surface area contributed by atoms with Crippen LogP contribution in [0.3, 0.4) is 0 Å². The lowest BCUT2D eigenvalue weighted by Gasteiger charge is -1.95. The van der Waals surface area contributed by atoms with Crippen molar-refractivity contribution in [3.05, 3.63) is 48.2 Å². The summed E-state index contributed by atoms with van der Waals surface area (Å²) >= 11 is 0. The Bertz CT molecular complexity index is 508. The van der Waals surface area contributed by atoms with Crippen molar-refractivity contribution in [3.8, 4) is 0 Å². The summed E-state index contributed by atoms with van der Waals surface area (Å²) in [6.07, 6.45) is 3.07. The second-order valence-electron chi connectivity index (χ2n) is 3.32. The molecule has 0 atom stereocenters. The number of hydrogen-bond acceptors (Lipinski definition) is 1. The maximum atomic E-state index is 11.5. The number of nitrogens with one attached hydrogen (secondary N) is 1. The van der Waals surface area contributed by atoms with Gasteiger partial charge in [0.1, 0.15) is 0 Å². The van der Waals surface area contributed by atoms with Crippen LogP contribution in [0.2, 0.25) is 0 Å². The average molecular weight is 185 g/mol. The number of carbonyl (C=O) groups excluding carboxylic acids is 1. The van der Waals surface area contributed by atoms with Gasteiger partial charge in [0, 0.05) is 22.7 Å². The van der Waals surface area contributed by atoms with E-state index >= 15 is 0 Å². The normalized spacial score (nSPS) is 10.4. The van der Waals surface area contributed by atoms with Gasteiger partial charge >= 0.3 is 0 Å². The van der Waals surface area contributed by atoms with Gasteiger partial charge in [0.15, 0.2) is 5.78 Å². The highest BCUT2D eigenvalue weighted by Gasteiger charge is 2.08. The first-order valence-corrected chi connectivity index (χ1v) is 4.47. The highest BCUT2D eigenvalue weighted by Crippen LogP contribution is 2.20. The topological polar surface area (TPSA) is 32.9 Å². The number of aromatic amines is 1. The Morgan fingerprint density at radius 1 is 1.50 bits per heavy atom. The number of H-pyrrole nitrogens is 1. The molecule has 70 valence electrons. The zero-order valence-electron chi connectivity index (χ0n) is 8.00. The van der Waals surface area contributed by atoms with E-state index in [0.29, 0.717) is 5.56 Å². The molecule has 0 radical (unpaired) electrons. The maximum Gasteiger partial charge on any atom is 0.187 e. The van der Waals surface area contributed by atoms with Crippen LogP contribution >= 0.6 is 0 Å². The highest BCUT2D eigenvalue weighted by molar-refractivity contribution is 6.13. The Morgan fingerprint density at radius 3 is 3.00 bits per heavy atom. The van der Waals surface area contributed by atoms with Gasteiger partial charge in [0.2, 0.25) is 0 Å². The molecule has 0 amide bonds. The van der Waals surface area contributed by atoms with Crippen LogP contribution in [0.25, 0.3) is 10.9 Å². The smallest absolute Gasteiger partial charge is 0.187 e.